The normalized spacial score (nSPS) is 15.0. The molecule has 0 spiro atoms. The molecule has 0 saturated heterocycles. The molecular weight excluding hydrogens is 910 g/mol. The van der Waals surface area contributed by atoms with E-state index in [2.05, 4.69) is 48.0 Å². The smallest absolute Gasteiger partial charge is 0.333 e. The first-order chi connectivity index (χ1) is 28.5. The van der Waals surface area contributed by atoms with Crippen molar-refractivity contribution in [1.82, 2.24) is 4.72 Å². The summed E-state index contributed by atoms with van der Waals surface area (Å²) in [5, 5.41) is 13.1. The van der Waals surface area contributed by atoms with Crippen molar-refractivity contribution in [1.29, 1.82) is 0 Å². The largest absolute Gasteiger partial charge is 0.503 e. The Hall–Kier alpha value is -4.45. The summed E-state index contributed by atoms with van der Waals surface area (Å²) in [6.45, 7) is 2.58. The molecule has 0 aromatic heterocycles. The number of hydrogen-bond acceptors (Lipinski definition) is 10. The lowest BCUT2D eigenvalue weighted by atomic mass is 9.99. The van der Waals surface area contributed by atoms with Gasteiger partial charge in [-0.05, 0) is 143 Å². The number of aromatic hydroxyl groups is 1. The number of phenolic OH excluding ortho intramolecular Hbond substituents is 1. The molecule has 3 aliphatic rings. The molecule has 13 nitrogen and oxygen atoms in total. The fraction of sp³-hybridized carbons (Fsp3) is 0.349. The van der Waals surface area contributed by atoms with Crippen LogP contribution in [0.15, 0.2) is 74.5 Å². The summed E-state index contributed by atoms with van der Waals surface area (Å²) >= 11 is 6.86. The Kier molecular flexibility index (Phi) is 14.0. The Morgan fingerprint density at radius 2 is 1.47 bits per heavy atom. The van der Waals surface area contributed by atoms with Gasteiger partial charge >= 0.3 is 6.03 Å². The van der Waals surface area contributed by atoms with Gasteiger partial charge in [0.2, 0.25) is 0 Å². The van der Waals surface area contributed by atoms with Gasteiger partial charge in [-0.2, -0.15) is 0 Å². The van der Waals surface area contributed by atoms with E-state index in [-0.39, 0.29) is 23.2 Å². The van der Waals surface area contributed by atoms with Crippen LogP contribution < -0.4 is 24.4 Å². The summed E-state index contributed by atoms with van der Waals surface area (Å²) in [4.78, 5) is 28.1. The predicted octanol–water partition coefficient (Wildman–Crippen LogP) is 7.43. The zero-order valence-corrected chi connectivity index (χ0v) is 36.5. The van der Waals surface area contributed by atoms with Crippen molar-refractivity contribution in [3.63, 3.8) is 0 Å². The Balaban J connectivity index is 0.772. The maximum atomic E-state index is 13.6. The third-order valence-electron chi connectivity index (χ3n) is 10.4. The lowest BCUT2D eigenvalue weighted by Gasteiger charge is -2.17. The first-order valence-electron chi connectivity index (χ1n) is 19.4. The maximum absolute atomic E-state index is 13.6. The van der Waals surface area contributed by atoms with E-state index in [4.69, 9.17) is 23.7 Å². The number of nitrogens with zero attached hydrogens (tertiary/aromatic N) is 1. The number of ether oxygens (including phenoxy) is 5. The number of anilines is 2. The second-order valence-electron chi connectivity index (χ2n) is 14.2. The van der Waals surface area contributed by atoms with Crippen molar-refractivity contribution < 1.29 is 46.8 Å². The minimum atomic E-state index is -4.10. The van der Waals surface area contributed by atoms with Gasteiger partial charge in [-0.3, -0.25) is 4.79 Å². The second-order valence-corrected chi connectivity index (χ2v) is 17.6. The van der Waals surface area contributed by atoms with Crippen LogP contribution in [0.3, 0.4) is 0 Å². The summed E-state index contributed by atoms with van der Waals surface area (Å²) < 4.78 is 57.4. The van der Waals surface area contributed by atoms with E-state index in [0.29, 0.717) is 73.3 Å². The van der Waals surface area contributed by atoms with Gasteiger partial charge in [0.15, 0.2) is 11.5 Å². The lowest BCUT2D eigenvalue weighted by molar-refractivity contribution is -0.113. The fourth-order valence-electron chi connectivity index (χ4n) is 7.61. The van der Waals surface area contributed by atoms with E-state index in [9.17, 15) is 23.1 Å². The van der Waals surface area contributed by atoms with Crippen LogP contribution in [0.1, 0.15) is 46.2 Å². The summed E-state index contributed by atoms with van der Waals surface area (Å²) in [6.07, 6.45) is 7.55. The lowest BCUT2D eigenvalue weighted by Crippen LogP contribution is -2.35. The van der Waals surface area contributed by atoms with Gasteiger partial charge in [-0.25, -0.2) is 17.9 Å². The molecule has 312 valence electrons. The number of rotatable bonds is 18. The summed E-state index contributed by atoms with van der Waals surface area (Å²) in [5.74, 6) is 0.585. The van der Waals surface area contributed by atoms with Gasteiger partial charge in [-0.15, -0.1) is 0 Å². The first-order valence-corrected chi connectivity index (χ1v) is 22.5. The molecule has 16 heteroatoms. The number of urea groups is 1. The van der Waals surface area contributed by atoms with E-state index in [1.165, 1.54) is 42.5 Å². The number of carbonyl (C=O) groups excluding carboxylic acids is 2. The number of aryl methyl sites for hydroxylation is 2. The van der Waals surface area contributed by atoms with Crippen LogP contribution >= 0.6 is 31.9 Å². The number of methoxy groups -OCH3 is 1. The number of hydrogen-bond donors (Lipinski definition) is 3. The second kappa shape index (κ2) is 19.3. The average Bonchev–Trinajstić information content (AvgIpc) is 3.95. The highest BCUT2D eigenvalue weighted by molar-refractivity contribution is 9.10. The number of nitrogens with one attached hydrogen (secondary N) is 2. The highest BCUT2D eigenvalue weighted by Gasteiger charge is 2.32. The Morgan fingerprint density at radius 1 is 0.831 bits per heavy atom. The number of amides is 3. The van der Waals surface area contributed by atoms with Gasteiger partial charge in [0, 0.05) is 27.8 Å². The minimum absolute atomic E-state index is 0.0139. The third-order valence-corrected chi connectivity index (χ3v) is 12.8. The molecule has 59 heavy (non-hydrogen) atoms. The fourth-order valence-corrected chi connectivity index (χ4v) is 9.34. The molecule has 7 rings (SSSR count). The monoisotopic (exact) mass is 953 g/mol. The van der Waals surface area contributed by atoms with Gasteiger partial charge in [0.05, 0.1) is 61.8 Å². The molecular formula is C43H45Br2N3O10S. The van der Waals surface area contributed by atoms with E-state index in [1.807, 2.05) is 18.2 Å². The van der Waals surface area contributed by atoms with E-state index in [1.54, 1.807) is 23.1 Å². The van der Waals surface area contributed by atoms with Crippen molar-refractivity contribution in [2.45, 2.75) is 43.4 Å². The molecule has 2 aliphatic carbocycles. The molecule has 4 aromatic rings. The van der Waals surface area contributed by atoms with Crippen LogP contribution in [0.4, 0.5) is 16.2 Å². The van der Waals surface area contributed by atoms with Crippen molar-refractivity contribution in [2.24, 2.45) is 0 Å². The van der Waals surface area contributed by atoms with Crippen LogP contribution in [0.2, 0.25) is 0 Å². The van der Waals surface area contributed by atoms with Gasteiger partial charge in [0.1, 0.15) is 12.4 Å². The molecule has 1 aliphatic heterocycles. The molecule has 4 aromatic carbocycles. The summed E-state index contributed by atoms with van der Waals surface area (Å²) in [6, 6.07) is 16.4. The Bertz CT molecular complexity index is 2320. The molecule has 3 N–H and O–H groups in total. The Morgan fingerprint density at radius 3 is 2.14 bits per heavy atom. The van der Waals surface area contributed by atoms with Gasteiger partial charge < -0.3 is 39.0 Å². The van der Waals surface area contributed by atoms with Crippen LogP contribution in [0.5, 0.6) is 17.2 Å². The zero-order valence-electron chi connectivity index (χ0n) is 32.5. The topological polar surface area (TPSA) is 162 Å². The number of fused-ring (bicyclic) bond motifs is 3. The van der Waals surface area contributed by atoms with Crippen molar-refractivity contribution in [3.8, 4) is 17.2 Å². The molecule has 0 unspecified atom stereocenters. The molecule has 0 bridgehead atoms. The van der Waals surface area contributed by atoms with Crippen LogP contribution in [-0.4, -0.2) is 85.4 Å². The van der Waals surface area contributed by atoms with Crippen LogP contribution in [0.25, 0.3) is 11.6 Å². The quantitative estimate of drug-likeness (QED) is 0.0676. The predicted molar refractivity (Wildman–Crippen MR) is 231 cm³/mol. The van der Waals surface area contributed by atoms with Crippen molar-refractivity contribution in [2.75, 3.05) is 70.1 Å². The number of phenols is 1. The van der Waals surface area contributed by atoms with Crippen molar-refractivity contribution in [3.05, 3.63) is 103 Å². The standard InChI is InChI=1S/C43H45Br2N3O10S/c1-54-39-24-27(23-37(45)41(39)49)22-36-35-26-30(44)8-13-38(35)48(42(36)50)14-15-55-16-17-56-18-19-57-20-21-58-31-9-11-32(12-10-31)59(52,53)47-43(51)46-40-33-6-2-4-28(33)25-29-5-3-7-34(29)40/h8-13,22-26,49H,2-7,14-21H2,1H3,(H2,46,47,51)/b36-22+. The van der Waals surface area contributed by atoms with E-state index < -0.39 is 16.1 Å². The highest BCUT2D eigenvalue weighted by atomic mass is 79.9. The van der Waals surface area contributed by atoms with Crippen LogP contribution in [0, 0.1) is 0 Å². The summed E-state index contributed by atoms with van der Waals surface area (Å²) in [5.41, 5.74) is 8.31. The SMILES string of the molecule is COc1cc(/C=C2/C(=O)N(CCOCCOCCOCCOc3ccc(S(=O)(=O)NC(=O)Nc4c5c(cc6c4CCC6)CCC5)cc3)c3ccc(Br)cc32)cc(Br)c1O. The number of halogens is 2. The molecule has 0 saturated carbocycles. The molecule has 0 radical (unpaired) electrons. The highest BCUT2D eigenvalue weighted by Crippen LogP contribution is 2.42. The number of benzene rings is 4. The van der Waals surface area contributed by atoms with Crippen molar-refractivity contribution >= 4 is 76.8 Å². The summed E-state index contributed by atoms with van der Waals surface area (Å²) in [7, 11) is -2.63. The zero-order chi connectivity index (χ0) is 41.5. The van der Waals surface area contributed by atoms with Gasteiger partial charge in [0.25, 0.3) is 15.9 Å². The van der Waals surface area contributed by atoms with Crippen LogP contribution in [-0.2, 0) is 54.7 Å². The Labute approximate surface area is 360 Å². The third kappa shape index (κ3) is 10.1. The molecule has 1 heterocycles. The molecule has 0 atom stereocenters. The minimum Gasteiger partial charge on any atom is -0.503 e. The van der Waals surface area contributed by atoms with E-state index in [0.717, 1.165) is 71.1 Å². The molecule has 0 fully saturated rings. The first kappa shape index (κ1) is 42.7. The average molecular weight is 956 g/mol. The number of sulfonamides is 1. The van der Waals surface area contributed by atoms with E-state index >= 15 is 0 Å². The molecule has 3 amide bonds. The number of carbonyl (C=O) groups is 2. The van der Waals surface area contributed by atoms with Gasteiger partial charge in [-0.1, -0.05) is 22.0 Å². The maximum Gasteiger partial charge on any atom is 0.333 e.